The second-order valence-electron chi connectivity index (χ2n) is 4.22. The molecule has 1 heterocycles. The summed E-state index contributed by atoms with van der Waals surface area (Å²) in [4.78, 5) is -0.0640. The molecule has 1 unspecified atom stereocenters. The van der Waals surface area contributed by atoms with E-state index in [0.29, 0.717) is 6.54 Å². The lowest BCUT2D eigenvalue weighted by Gasteiger charge is -2.23. The molecule has 1 saturated heterocycles. The molecule has 2 rings (SSSR count). The zero-order valence-electron chi connectivity index (χ0n) is 10.1. The summed E-state index contributed by atoms with van der Waals surface area (Å²) in [5.41, 5.74) is 5.56. The highest BCUT2D eigenvalue weighted by Crippen LogP contribution is 2.30. The molecule has 1 atom stereocenters. The van der Waals surface area contributed by atoms with Crippen LogP contribution in [0.25, 0.3) is 0 Å². The number of halogens is 3. The molecule has 2 N–H and O–H groups in total. The van der Waals surface area contributed by atoms with Crippen molar-refractivity contribution in [2.45, 2.75) is 23.8 Å². The van der Waals surface area contributed by atoms with Gasteiger partial charge in [0, 0.05) is 19.1 Å². The predicted molar refractivity (Wildman–Crippen MR) is 74.6 cm³/mol. The Bertz CT molecular complexity index is 554. The van der Waals surface area contributed by atoms with Crippen molar-refractivity contribution in [3.8, 4) is 0 Å². The molecule has 0 bridgehead atoms. The van der Waals surface area contributed by atoms with E-state index in [1.807, 2.05) is 0 Å². The lowest BCUT2D eigenvalue weighted by molar-refractivity contribution is 0.393. The maximum atomic E-state index is 12.9. The average Bonchev–Trinajstić information content (AvgIpc) is 2.76. The van der Waals surface area contributed by atoms with Crippen molar-refractivity contribution in [1.82, 2.24) is 4.31 Å². The molecule has 0 amide bonds. The standard InChI is InChI=1S/C11H14ClFN2O2S.ClH/c12-10-6-8(13)3-4-11(10)18(16,17)15-5-1-2-9(15)7-14;/h3-4,6,9H,1-2,5,7,14H2;1H. The van der Waals surface area contributed by atoms with Gasteiger partial charge >= 0.3 is 0 Å². The van der Waals surface area contributed by atoms with Crippen LogP contribution in [0, 0.1) is 5.82 Å². The zero-order chi connectivity index (χ0) is 13.3. The molecule has 1 aromatic carbocycles. The molecule has 108 valence electrons. The first-order chi connectivity index (χ1) is 8.46. The van der Waals surface area contributed by atoms with Gasteiger partial charge in [-0.25, -0.2) is 12.8 Å². The third-order valence-corrected chi connectivity index (χ3v) is 5.51. The van der Waals surface area contributed by atoms with Crippen molar-refractivity contribution in [2.75, 3.05) is 13.1 Å². The molecule has 19 heavy (non-hydrogen) atoms. The summed E-state index contributed by atoms with van der Waals surface area (Å²) in [6, 6.07) is 3.09. The number of hydrogen-bond donors (Lipinski definition) is 1. The van der Waals surface area contributed by atoms with E-state index in [-0.39, 0.29) is 34.9 Å². The Morgan fingerprint density at radius 2 is 2.16 bits per heavy atom. The predicted octanol–water partition coefficient (Wildman–Crippen LogP) is 2.01. The zero-order valence-corrected chi connectivity index (χ0v) is 12.4. The molecule has 0 spiro atoms. The van der Waals surface area contributed by atoms with Crippen LogP contribution in [0.2, 0.25) is 5.02 Å². The van der Waals surface area contributed by atoms with Crippen LogP contribution in [-0.4, -0.2) is 31.9 Å². The SMILES string of the molecule is Cl.NCC1CCCN1S(=O)(=O)c1ccc(F)cc1Cl. The van der Waals surface area contributed by atoms with Gasteiger partial charge in [0.05, 0.1) is 5.02 Å². The van der Waals surface area contributed by atoms with E-state index in [4.69, 9.17) is 17.3 Å². The number of nitrogens with zero attached hydrogens (tertiary/aromatic N) is 1. The summed E-state index contributed by atoms with van der Waals surface area (Å²) in [5, 5.41) is -0.0994. The van der Waals surface area contributed by atoms with Gasteiger partial charge in [0.15, 0.2) is 0 Å². The van der Waals surface area contributed by atoms with E-state index in [9.17, 15) is 12.8 Å². The monoisotopic (exact) mass is 328 g/mol. The van der Waals surface area contributed by atoms with Crippen LogP contribution in [0.1, 0.15) is 12.8 Å². The largest absolute Gasteiger partial charge is 0.329 e. The smallest absolute Gasteiger partial charge is 0.244 e. The van der Waals surface area contributed by atoms with Gasteiger partial charge in [-0.3, -0.25) is 0 Å². The first-order valence-corrected chi connectivity index (χ1v) is 7.45. The van der Waals surface area contributed by atoms with Gasteiger partial charge in [0.2, 0.25) is 10.0 Å². The van der Waals surface area contributed by atoms with E-state index in [1.54, 1.807) is 0 Å². The summed E-state index contributed by atoms with van der Waals surface area (Å²) in [6.45, 7) is 0.704. The van der Waals surface area contributed by atoms with Crippen LogP contribution in [0.3, 0.4) is 0 Å². The molecule has 1 aromatic rings. The number of rotatable bonds is 3. The third kappa shape index (κ3) is 3.20. The molecule has 0 aliphatic carbocycles. The Balaban J connectivity index is 0.00000180. The van der Waals surface area contributed by atoms with Gasteiger partial charge in [-0.1, -0.05) is 11.6 Å². The second kappa shape index (κ2) is 6.37. The first kappa shape index (κ1) is 16.7. The third-order valence-electron chi connectivity index (χ3n) is 3.08. The van der Waals surface area contributed by atoms with Crippen molar-refractivity contribution >= 4 is 34.0 Å². The van der Waals surface area contributed by atoms with Gasteiger partial charge in [-0.15, -0.1) is 12.4 Å². The highest BCUT2D eigenvalue weighted by Gasteiger charge is 2.35. The minimum atomic E-state index is -3.69. The van der Waals surface area contributed by atoms with E-state index in [1.165, 1.54) is 10.4 Å². The minimum Gasteiger partial charge on any atom is -0.329 e. The molecule has 0 saturated carbocycles. The maximum Gasteiger partial charge on any atom is 0.244 e. The fraction of sp³-hybridized carbons (Fsp3) is 0.455. The first-order valence-electron chi connectivity index (χ1n) is 5.64. The van der Waals surface area contributed by atoms with Crippen LogP contribution in [0.5, 0.6) is 0 Å². The van der Waals surface area contributed by atoms with Gasteiger partial charge in [-0.05, 0) is 31.0 Å². The van der Waals surface area contributed by atoms with E-state index >= 15 is 0 Å². The fourth-order valence-electron chi connectivity index (χ4n) is 2.17. The Kier molecular flexibility index (Phi) is 5.58. The Hall–Kier alpha value is -0.400. The number of hydrogen-bond acceptors (Lipinski definition) is 3. The van der Waals surface area contributed by atoms with Crippen molar-refractivity contribution in [1.29, 1.82) is 0 Å². The van der Waals surface area contributed by atoms with Gasteiger partial charge < -0.3 is 5.73 Å². The van der Waals surface area contributed by atoms with Crippen LogP contribution >= 0.6 is 24.0 Å². The maximum absolute atomic E-state index is 12.9. The fourth-order valence-corrected chi connectivity index (χ4v) is 4.38. The van der Waals surface area contributed by atoms with E-state index < -0.39 is 15.8 Å². The molecular weight excluding hydrogens is 314 g/mol. The van der Waals surface area contributed by atoms with Crippen molar-refractivity contribution < 1.29 is 12.8 Å². The summed E-state index contributed by atoms with van der Waals surface area (Å²) in [7, 11) is -3.69. The second-order valence-corrected chi connectivity index (χ2v) is 6.49. The lowest BCUT2D eigenvalue weighted by Crippen LogP contribution is -2.39. The molecular formula is C11H15Cl2FN2O2S. The summed E-state index contributed by atoms with van der Waals surface area (Å²) in [5.74, 6) is -0.559. The number of sulfonamides is 1. The molecule has 8 heteroatoms. The van der Waals surface area contributed by atoms with Gasteiger partial charge in [-0.2, -0.15) is 4.31 Å². The Labute approximate surface area is 123 Å². The van der Waals surface area contributed by atoms with Crippen molar-refractivity contribution in [3.05, 3.63) is 29.0 Å². The minimum absolute atomic E-state index is 0. The quantitative estimate of drug-likeness (QED) is 0.923. The van der Waals surface area contributed by atoms with Crippen molar-refractivity contribution in [2.24, 2.45) is 5.73 Å². The highest BCUT2D eigenvalue weighted by atomic mass is 35.5. The van der Waals surface area contributed by atoms with Crippen LogP contribution in [-0.2, 0) is 10.0 Å². The molecule has 0 aromatic heterocycles. The van der Waals surface area contributed by atoms with Crippen molar-refractivity contribution in [3.63, 3.8) is 0 Å². The van der Waals surface area contributed by atoms with Crippen LogP contribution < -0.4 is 5.73 Å². The Morgan fingerprint density at radius 3 is 2.74 bits per heavy atom. The lowest BCUT2D eigenvalue weighted by atomic mass is 10.2. The molecule has 1 fully saturated rings. The van der Waals surface area contributed by atoms with Gasteiger partial charge in [0.1, 0.15) is 10.7 Å². The van der Waals surface area contributed by atoms with Crippen LogP contribution in [0.15, 0.2) is 23.1 Å². The number of benzene rings is 1. The highest BCUT2D eigenvalue weighted by molar-refractivity contribution is 7.89. The van der Waals surface area contributed by atoms with Gasteiger partial charge in [0.25, 0.3) is 0 Å². The topological polar surface area (TPSA) is 63.4 Å². The molecule has 0 radical (unpaired) electrons. The molecule has 1 aliphatic rings. The summed E-state index contributed by atoms with van der Waals surface area (Å²) >= 11 is 5.81. The normalized spacial score (nSPS) is 20.3. The van der Waals surface area contributed by atoms with E-state index in [0.717, 1.165) is 25.0 Å². The average molecular weight is 329 g/mol. The number of nitrogens with two attached hydrogens (primary N) is 1. The van der Waals surface area contributed by atoms with E-state index in [2.05, 4.69) is 0 Å². The summed E-state index contributed by atoms with van der Waals surface area (Å²) in [6.07, 6.45) is 1.52. The molecule has 1 aliphatic heterocycles. The Morgan fingerprint density at radius 1 is 1.47 bits per heavy atom. The molecule has 4 nitrogen and oxygen atoms in total. The summed E-state index contributed by atoms with van der Waals surface area (Å²) < 4.78 is 39.1. The van der Waals surface area contributed by atoms with Crippen LogP contribution in [0.4, 0.5) is 4.39 Å².